The number of urea groups is 1. The van der Waals surface area contributed by atoms with Crippen molar-refractivity contribution in [1.29, 1.82) is 0 Å². The van der Waals surface area contributed by atoms with E-state index in [1.165, 1.54) is 17.0 Å². The topological polar surface area (TPSA) is 91.6 Å². The largest absolute Gasteiger partial charge is 0.475 e. The highest BCUT2D eigenvalue weighted by molar-refractivity contribution is 7.11. The lowest BCUT2D eigenvalue weighted by Crippen LogP contribution is -2.34. The molecule has 2 amide bonds. The van der Waals surface area contributed by atoms with E-state index in [2.05, 4.69) is 10.6 Å². The monoisotopic (exact) mass is 294 g/mol. The molecule has 20 heavy (non-hydrogen) atoms. The van der Waals surface area contributed by atoms with Crippen molar-refractivity contribution in [2.45, 2.75) is 20.0 Å². The highest BCUT2D eigenvalue weighted by Gasteiger charge is 2.09. The minimum atomic E-state index is -1.13. The predicted molar refractivity (Wildman–Crippen MR) is 73.8 cm³/mol. The number of carbonyl (C=O) groups excluding carboxylic acids is 1. The first-order valence-electron chi connectivity index (χ1n) is 5.93. The molecule has 106 valence electrons. The molecule has 0 spiro atoms. The van der Waals surface area contributed by atoms with Gasteiger partial charge in [0.05, 0.1) is 13.1 Å². The molecule has 2 aromatic rings. The van der Waals surface area contributed by atoms with Crippen molar-refractivity contribution in [3.8, 4) is 0 Å². The third-order valence-corrected chi connectivity index (χ3v) is 3.52. The molecule has 0 aromatic carbocycles. The lowest BCUT2D eigenvalue weighted by atomic mass is 10.4. The fraction of sp³-hybridized carbons (Fsp3) is 0.231. The molecule has 0 saturated carbocycles. The first kappa shape index (κ1) is 14.1. The molecular weight excluding hydrogens is 280 g/mol. The molecular formula is C13H14N2O4S. The molecule has 0 saturated heterocycles. The molecule has 2 heterocycles. The third kappa shape index (κ3) is 3.86. The minimum absolute atomic E-state index is 0.141. The van der Waals surface area contributed by atoms with Crippen LogP contribution in [0.3, 0.4) is 0 Å². The van der Waals surface area contributed by atoms with E-state index in [4.69, 9.17) is 9.52 Å². The molecule has 0 atom stereocenters. The van der Waals surface area contributed by atoms with E-state index in [0.29, 0.717) is 12.3 Å². The highest BCUT2D eigenvalue weighted by Crippen LogP contribution is 2.14. The fourth-order valence-electron chi connectivity index (χ4n) is 1.57. The molecule has 0 bridgehead atoms. The molecule has 0 unspecified atom stereocenters. The first-order valence-corrected chi connectivity index (χ1v) is 6.75. The van der Waals surface area contributed by atoms with Gasteiger partial charge in [0.25, 0.3) is 0 Å². The standard InChI is InChI=1S/C13H14N2O4S/c1-8-2-4-10(20-8)7-15-13(18)14-6-9-3-5-11(19-9)12(16)17/h2-5H,6-7H2,1H3,(H,16,17)(H2,14,15,18). The number of amides is 2. The van der Waals surface area contributed by atoms with Crippen LogP contribution in [0.1, 0.15) is 26.1 Å². The van der Waals surface area contributed by atoms with Gasteiger partial charge in [-0.05, 0) is 31.2 Å². The predicted octanol–water partition coefficient (Wildman–Crippen LogP) is 2.35. The van der Waals surface area contributed by atoms with Crippen molar-refractivity contribution in [2.24, 2.45) is 0 Å². The van der Waals surface area contributed by atoms with E-state index in [1.54, 1.807) is 11.3 Å². The Kier molecular flexibility index (Phi) is 4.41. The van der Waals surface area contributed by atoms with Crippen LogP contribution in [0, 0.1) is 6.92 Å². The zero-order valence-electron chi connectivity index (χ0n) is 10.8. The second-order valence-electron chi connectivity index (χ2n) is 4.12. The summed E-state index contributed by atoms with van der Waals surface area (Å²) in [4.78, 5) is 24.4. The second-order valence-corrected chi connectivity index (χ2v) is 5.49. The molecule has 0 fully saturated rings. The Balaban J connectivity index is 1.75. The van der Waals surface area contributed by atoms with Crippen LogP contribution in [-0.4, -0.2) is 17.1 Å². The van der Waals surface area contributed by atoms with Gasteiger partial charge in [-0.2, -0.15) is 0 Å². The van der Waals surface area contributed by atoms with Crippen LogP contribution in [0.2, 0.25) is 0 Å². The Morgan fingerprint density at radius 1 is 1.20 bits per heavy atom. The van der Waals surface area contributed by atoms with E-state index < -0.39 is 5.97 Å². The lowest BCUT2D eigenvalue weighted by Gasteiger charge is -2.04. The fourth-order valence-corrected chi connectivity index (χ4v) is 2.40. The zero-order chi connectivity index (χ0) is 14.5. The van der Waals surface area contributed by atoms with Gasteiger partial charge >= 0.3 is 12.0 Å². The molecule has 0 aliphatic heterocycles. The van der Waals surface area contributed by atoms with Crippen LogP contribution in [0.15, 0.2) is 28.7 Å². The SMILES string of the molecule is Cc1ccc(CNC(=O)NCc2ccc(C(=O)O)o2)s1. The Bertz CT molecular complexity index is 617. The quantitative estimate of drug-likeness (QED) is 0.789. The van der Waals surface area contributed by atoms with Crippen molar-refractivity contribution in [3.63, 3.8) is 0 Å². The summed E-state index contributed by atoms with van der Waals surface area (Å²) >= 11 is 1.62. The van der Waals surface area contributed by atoms with Crippen LogP contribution in [0.4, 0.5) is 4.79 Å². The number of aryl methyl sites for hydroxylation is 1. The Morgan fingerprint density at radius 3 is 2.55 bits per heavy atom. The zero-order valence-corrected chi connectivity index (χ0v) is 11.6. The maximum absolute atomic E-state index is 11.6. The van der Waals surface area contributed by atoms with Gasteiger partial charge < -0.3 is 20.2 Å². The van der Waals surface area contributed by atoms with Crippen molar-refractivity contribution in [2.75, 3.05) is 0 Å². The molecule has 6 nitrogen and oxygen atoms in total. The molecule has 3 N–H and O–H groups in total. The van der Waals surface area contributed by atoms with E-state index in [0.717, 1.165) is 4.88 Å². The van der Waals surface area contributed by atoms with Crippen LogP contribution in [0.25, 0.3) is 0 Å². The molecule has 0 aliphatic rings. The van der Waals surface area contributed by atoms with E-state index in [1.807, 2.05) is 19.1 Å². The smallest absolute Gasteiger partial charge is 0.371 e. The molecule has 2 aromatic heterocycles. The summed E-state index contributed by atoms with van der Waals surface area (Å²) in [7, 11) is 0. The van der Waals surface area contributed by atoms with Gasteiger partial charge in [-0.15, -0.1) is 11.3 Å². The Morgan fingerprint density at radius 2 is 1.95 bits per heavy atom. The normalized spacial score (nSPS) is 10.2. The summed E-state index contributed by atoms with van der Waals surface area (Å²) in [5.74, 6) is -0.880. The Hall–Kier alpha value is -2.28. The average molecular weight is 294 g/mol. The van der Waals surface area contributed by atoms with Gasteiger partial charge in [0.2, 0.25) is 5.76 Å². The second kappa shape index (κ2) is 6.25. The molecule has 2 rings (SSSR count). The number of hydrogen-bond acceptors (Lipinski definition) is 4. The van der Waals surface area contributed by atoms with Gasteiger partial charge in [-0.1, -0.05) is 0 Å². The number of furan rings is 1. The summed E-state index contributed by atoms with van der Waals surface area (Å²) < 4.78 is 5.02. The maximum Gasteiger partial charge on any atom is 0.371 e. The van der Waals surface area contributed by atoms with Gasteiger partial charge in [0.1, 0.15) is 5.76 Å². The lowest BCUT2D eigenvalue weighted by molar-refractivity contribution is 0.0660. The molecule has 7 heteroatoms. The summed E-state index contributed by atoms with van der Waals surface area (Å²) in [6.45, 7) is 2.61. The van der Waals surface area contributed by atoms with Gasteiger partial charge in [-0.3, -0.25) is 0 Å². The minimum Gasteiger partial charge on any atom is -0.475 e. The van der Waals surface area contributed by atoms with Gasteiger partial charge in [0.15, 0.2) is 0 Å². The maximum atomic E-state index is 11.6. The number of rotatable bonds is 5. The summed E-state index contributed by atoms with van der Waals surface area (Å²) in [5.41, 5.74) is 0. The molecule has 0 aliphatic carbocycles. The third-order valence-electron chi connectivity index (χ3n) is 2.51. The van der Waals surface area contributed by atoms with Crippen molar-refractivity contribution in [3.05, 3.63) is 45.5 Å². The first-order chi connectivity index (χ1) is 9.54. The number of carbonyl (C=O) groups is 2. The number of hydrogen-bond donors (Lipinski definition) is 3. The van der Waals surface area contributed by atoms with Crippen molar-refractivity contribution >= 4 is 23.3 Å². The van der Waals surface area contributed by atoms with Crippen LogP contribution in [-0.2, 0) is 13.1 Å². The number of carboxylic acids is 1. The van der Waals surface area contributed by atoms with E-state index in [9.17, 15) is 9.59 Å². The number of aromatic carboxylic acids is 1. The summed E-state index contributed by atoms with van der Waals surface area (Å²) in [5, 5.41) is 14.0. The van der Waals surface area contributed by atoms with Crippen molar-refractivity contribution < 1.29 is 19.1 Å². The van der Waals surface area contributed by atoms with Crippen LogP contribution < -0.4 is 10.6 Å². The highest BCUT2D eigenvalue weighted by atomic mass is 32.1. The molecule has 0 radical (unpaired) electrons. The van der Waals surface area contributed by atoms with Crippen molar-refractivity contribution in [1.82, 2.24) is 10.6 Å². The average Bonchev–Trinajstić information content (AvgIpc) is 3.03. The Labute approximate surface area is 119 Å². The van der Waals surface area contributed by atoms with E-state index in [-0.39, 0.29) is 18.3 Å². The van der Waals surface area contributed by atoms with Gasteiger partial charge in [0, 0.05) is 9.75 Å². The van der Waals surface area contributed by atoms with E-state index >= 15 is 0 Å². The number of carboxylic acid groups (broad SMARTS) is 1. The number of thiophene rings is 1. The van der Waals surface area contributed by atoms with Crippen LogP contribution >= 0.6 is 11.3 Å². The van der Waals surface area contributed by atoms with Gasteiger partial charge in [-0.25, -0.2) is 9.59 Å². The van der Waals surface area contributed by atoms with Crippen LogP contribution in [0.5, 0.6) is 0 Å². The number of nitrogens with one attached hydrogen (secondary N) is 2. The summed E-state index contributed by atoms with van der Waals surface area (Å²) in [6, 6.07) is 6.50. The summed E-state index contributed by atoms with van der Waals surface area (Å²) in [6.07, 6.45) is 0.